The fourth-order valence-electron chi connectivity index (χ4n) is 2.69. The monoisotopic (exact) mass is 200 g/mol. The number of unbranched alkanes of at least 4 members (excludes halogenated alkanes) is 1. The Balaban J connectivity index is 2.70. The molecule has 0 aromatic heterocycles. The molecule has 0 saturated carbocycles. The lowest BCUT2D eigenvalue weighted by molar-refractivity contribution is -0.914. The molecule has 1 fully saturated rings. The summed E-state index contributed by atoms with van der Waals surface area (Å²) in [7, 11) is 2.10. The van der Waals surface area contributed by atoms with Gasteiger partial charge in [0, 0.05) is 12.3 Å². The molecule has 1 N–H and O–H groups in total. The van der Waals surface area contributed by atoms with Crippen LogP contribution in [-0.2, 0) is 4.79 Å². The Morgan fingerprint density at radius 2 is 2.21 bits per heavy atom. The van der Waals surface area contributed by atoms with Crippen LogP contribution in [0.5, 0.6) is 0 Å². The van der Waals surface area contributed by atoms with Gasteiger partial charge in [0.2, 0.25) is 0 Å². The highest BCUT2D eigenvalue weighted by molar-refractivity contribution is 5.72. The standard InChI is InChI=1S/C11H21NO2/c1-4-5-7-12(3)8-6-9(2)10(12)11(13)14/h9-10H,4-8H2,1-3H3/p+1. The van der Waals surface area contributed by atoms with Crippen molar-refractivity contribution in [3.63, 3.8) is 0 Å². The molecule has 3 unspecified atom stereocenters. The maximum atomic E-state index is 11.2. The van der Waals surface area contributed by atoms with Gasteiger partial charge in [0.05, 0.1) is 20.1 Å². The molecule has 82 valence electrons. The molecular formula is C11H22NO2+. The number of carbonyl (C=O) groups is 1. The van der Waals surface area contributed by atoms with Gasteiger partial charge in [-0.15, -0.1) is 0 Å². The van der Waals surface area contributed by atoms with Crippen molar-refractivity contribution >= 4 is 5.97 Å². The molecule has 1 saturated heterocycles. The summed E-state index contributed by atoms with van der Waals surface area (Å²) < 4.78 is 0.740. The van der Waals surface area contributed by atoms with Crippen LogP contribution in [0.1, 0.15) is 33.1 Å². The highest BCUT2D eigenvalue weighted by Gasteiger charge is 2.47. The zero-order valence-corrected chi connectivity index (χ0v) is 9.49. The molecule has 3 atom stereocenters. The van der Waals surface area contributed by atoms with Gasteiger partial charge in [0.15, 0.2) is 6.04 Å². The largest absolute Gasteiger partial charge is 0.477 e. The minimum atomic E-state index is -0.617. The van der Waals surface area contributed by atoms with Gasteiger partial charge in [-0.2, -0.15) is 0 Å². The fourth-order valence-corrected chi connectivity index (χ4v) is 2.69. The predicted molar refractivity (Wildman–Crippen MR) is 56.0 cm³/mol. The second kappa shape index (κ2) is 4.30. The van der Waals surface area contributed by atoms with Crippen LogP contribution in [0.2, 0.25) is 0 Å². The number of rotatable bonds is 4. The van der Waals surface area contributed by atoms with E-state index < -0.39 is 5.97 Å². The van der Waals surface area contributed by atoms with Crippen molar-refractivity contribution in [3.8, 4) is 0 Å². The first-order valence-corrected chi connectivity index (χ1v) is 5.58. The lowest BCUT2D eigenvalue weighted by Crippen LogP contribution is -2.53. The van der Waals surface area contributed by atoms with Crippen LogP contribution in [-0.4, -0.2) is 41.7 Å². The average molecular weight is 200 g/mol. The molecule has 1 rings (SSSR count). The first kappa shape index (κ1) is 11.5. The molecule has 3 heteroatoms. The van der Waals surface area contributed by atoms with E-state index in [0.29, 0.717) is 5.92 Å². The summed E-state index contributed by atoms with van der Waals surface area (Å²) in [6.45, 7) is 6.26. The van der Waals surface area contributed by atoms with Crippen LogP contribution in [0.4, 0.5) is 0 Å². The van der Waals surface area contributed by atoms with Crippen molar-refractivity contribution in [2.75, 3.05) is 20.1 Å². The summed E-state index contributed by atoms with van der Waals surface area (Å²) >= 11 is 0. The molecule has 0 aromatic rings. The van der Waals surface area contributed by atoms with E-state index in [0.717, 1.165) is 36.8 Å². The summed E-state index contributed by atoms with van der Waals surface area (Å²) in [5.41, 5.74) is 0. The van der Waals surface area contributed by atoms with Crippen LogP contribution in [0.25, 0.3) is 0 Å². The SMILES string of the molecule is CCCC[N+]1(C)CCC(C)C1C(=O)O. The molecule has 0 amide bonds. The van der Waals surface area contributed by atoms with E-state index in [9.17, 15) is 9.90 Å². The zero-order chi connectivity index (χ0) is 10.8. The number of carboxylic acid groups (broad SMARTS) is 1. The minimum Gasteiger partial charge on any atom is -0.477 e. The number of likely N-dealkylation sites (N-methyl/N-ethyl adjacent to an activating group) is 1. The zero-order valence-electron chi connectivity index (χ0n) is 9.49. The molecule has 3 nitrogen and oxygen atoms in total. The molecule has 0 bridgehead atoms. The van der Waals surface area contributed by atoms with E-state index in [1.165, 1.54) is 0 Å². The van der Waals surface area contributed by atoms with E-state index in [1.54, 1.807) is 0 Å². The number of hydrogen-bond acceptors (Lipinski definition) is 1. The van der Waals surface area contributed by atoms with E-state index >= 15 is 0 Å². The van der Waals surface area contributed by atoms with Crippen LogP contribution < -0.4 is 0 Å². The van der Waals surface area contributed by atoms with Gasteiger partial charge in [0.25, 0.3) is 0 Å². The van der Waals surface area contributed by atoms with Crippen molar-refractivity contribution < 1.29 is 14.4 Å². The first-order chi connectivity index (χ1) is 6.51. The summed E-state index contributed by atoms with van der Waals surface area (Å²) in [6.07, 6.45) is 3.33. The molecule has 14 heavy (non-hydrogen) atoms. The summed E-state index contributed by atoms with van der Waals surface area (Å²) in [6, 6.07) is -0.179. The number of likely N-dealkylation sites (tertiary alicyclic amines) is 1. The Bertz CT molecular complexity index is 217. The third kappa shape index (κ3) is 2.08. The quantitative estimate of drug-likeness (QED) is 0.702. The van der Waals surface area contributed by atoms with Crippen molar-refractivity contribution in [3.05, 3.63) is 0 Å². The van der Waals surface area contributed by atoms with E-state index in [-0.39, 0.29) is 6.04 Å². The van der Waals surface area contributed by atoms with Gasteiger partial charge in [0.1, 0.15) is 0 Å². The highest BCUT2D eigenvalue weighted by Crippen LogP contribution is 2.30. The summed E-state index contributed by atoms with van der Waals surface area (Å²) in [5, 5.41) is 9.20. The van der Waals surface area contributed by atoms with Gasteiger partial charge in [-0.25, -0.2) is 4.79 Å². The Kier molecular flexibility index (Phi) is 3.53. The number of aliphatic carboxylic acids is 1. The number of quaternary nitrogens is 1. The normalized spacial score (nSPS) is 37.4. The van der Waals surface area contributed by atoms with Crippen LogP contribution >= 0.6 is 0 Å². The Morgan fingerprint density at radius 1 is 1.57 bits per heavy atom. The second-order valence-corrected chi connectivity index (χ2v) is 4.83. The number of nitrogens with zero attached hydrogens (tertiary/aromatic N) is 1. The lowest BCUT2D eigenvalue weighted by Gasteiger charge is -2.34. The van der Waals surface area contributed by atoms with Crippen LogP contribution in [0.15, 0.2) is 0 Å². The topological polar surface area (TPSA) is 37.3 Å². The van der Waals surface area contributed by atoms with Gasteiger partial charge in [-0.3, -0.25) is 0 Å². The highest BCUT2D eigenvalue weighted by atomic mass is 16.4. The second-order valence-electron chi connectivity index (χ2n) is 4.83. The van der Waals surface area contributed by atoms with E-state index in [1.807, 2.05) is 0 Å². The molecule has 1 aliphatic heterocycles. The van der Waals surface area contributed by atoms with Crippen molar-refractivity contribution in [2.45, 2.75) is 39.2 Å². The molecule has 0 aliphatic carbocycles. The number of carboxylic acids is 1. The lowest BCUT2D eigenvalue weighted by atomic mass is 10.0. The van der Waals surface area contributed by atoms with Crippen molar-refractivity contribution in [2.24, 2.45) is 5.92 Å². The molecule has 1 aliphatic rings. The average Bonchev–Trinajstić information content (AvgIpc) is 2.40. The van der Waals surface area contributed by atoms with E-state index in [2.05, 4.69) is 20.9 Å². The third-order valence-electron chi connectivity index (χ3n) is 3.58. The smallest absolute Gasteiger partial charge is 0.362 e. The maximum absolute atomic E-state index is 11.2. The summed E-state index contributed by atoms with van der Waals surface area (Å²) in [4.78, 5) is 11.2. The fraction of sp³-hybridized carbons (Fsp3) is 0.909. The molecule has 0 spiro atoms. The Hall–Kier alpha value is -0.570. The van der Waals surface area contributed by atoms with Crippen molar-refractivity contribution in [1.29, 1.82) is 0 Å². The van der Waals surface area contributed by atoms with Crippen LogP contribution in [0, 0.1) is 5.92 Å². The molecule has 0 aromatic carbocycles. The van der Waals surface area contributed by atoms with Crippen LogP contribution in [0.3, 0.4) is 0 Å². The Morgan fingerprint density at radius 3 is 2.71 bits per heavy atom. The van der Waals surface area contributed by atoms with E-state index in [4.69, 9.17) is 0 Å². The molecule has 0 radical (unpaired) electrons. The Labute approximate surface area is 86.3 Å². The minimum absolute atomic E-state index is 0.179. The van der Waals surface area contributed by atoms with Crippen molar-refractivity contribution in [1.82, 2.24) is 0 Å². The van der Waals surface area contributed by atoms with Gasteiger partial charge in [-0.1, -0.05) is 20.3 Å². The predicted octanol–water partition coefficient (Wildman–Crippen LogP) is 1.73. The number of hydrogen-bond donors (Lipinski definition) is 1. The molecule has 1 heterocycles. The van der Waals surface area contributed by atoms with Gasteiger partial charge >= 0.3 is 5.97 Å². The maximum Gasteiger partial charge on any atom is 0.362 e. The first-order valence-electron chi connectivity index (χ1n) is 5.58. The third-order valence-corrected chi connectivity index (χ3v) is 3.58. The van der Waals surface area contributed by atoms with Gasteiger partial charge in [-0.05, 0) is 6.42 Å². The van der Waals surface area contributed by atoms with Gasteiger partial charge < -0.3 is 9.59 Å². The molecular weight excluding hydrogens is 178 g/mol. The summed E-state index contributed by atoms with van der Waals surface area (Å²) in [5.74, 6) is -0.289.